The first-order chi connectivity index (χ1) is 9.76. The van der Waals surface area contributed by atoms with Gasteiger partial charge in [-0.1, -0.05) is 19.1 Å². The van der Waals surface area contributed by atoms with E-state index in [0.29, 0.717) is 0 Å². The molecule has 0 atom stereocenters. The molecule has 0 spiro atoms. The van der Waals surface area contributed by atoms with Gasteiger partial charge in [-0.25, -0.2) is 0 Å². The van der Waals surface area contributed by atoms with Gasteiger partial charge in [0, 0.05) is 23.4 Å². The fourth-order valence-electron chi connectivity index (χ4n) is 2.69. The molecule has 0 radical (unpaired) electrons. The van der Waals surface area contributed by atoms with Gasteiger partial charge in [0.05, 0.1) is 18.1 Å². The Labute approximate surface area is 117 Å². The monoisotopic (exact) mass is 267 g/mol. The predicted molar refractivity (Wildman–Crippen MR) is 82.6 cm³/mol. The highest BCUT2D eigenvalue weighted by Crippen LogP contribution is 2.23. The number of rotatable bonds is 3. The fourth-order valence-corrected chi connectivity index (χ4v) is 2.69. The van der Waals surface area contributed by atoms with E-state index in [-0.39, 0.29) is 5.43 Å². The zero-order valence-electron chi connectivity index (χ0n) is 11.7. The standard InChI is InChI=1S/C17H17NO2/c1-3-10-18-15-7-5-4-6-13(15)17(19)14-9-8-12(20-2)11-16(14)18/h4-9,11H,3,10H2,1-2H3. The molecule has 102 valence electrons. The van der Waals surface area contributed by atoms with Crippen molar-refractivity contribution in [3.8, 4) is 5.75 Å². The number of ether oxygens (including phenoxy) is 1. The molecule has 3 nitrogen and oxygen atoms in total. The number of methoxy groups -OCH3 is 1. The molecule has 0 saturated carbocycles. The van der Waals surface area contributed by atoms with Crippen LogP contribution in [0, 0.1) is 0 Å². The molecule has 0 unspecified atom stereocenters. The van der Waals surface area contributed by atoms with E-state index in [4.69, 9.17) is 4.74 Å². The van der Waals surface area contributed by atoms with Crippen molar-refractivity contribution in [3.63, 3.8) is 0 Å². The summed E-state index contributed by atoms with van der Waals surface area (Å²) < 4.78 is 7.49. The topological polar surface area (TPSA) is 31.2 Å². The Bertz CT molecular complexity index is 833. The van der Waals surface area contributed by atoms with Crippen molar-refractivity contribution < 1.29 is 4.74 Å². The lowest BCUT2D eigenvalue weighted by molar-refractivity contribution is 0.415. The third kappa shape index (κ3) is 1.86. The van der Waals surface area contributed by atoms with Crippen molar-refractivity contribution in [2.75, 3.05) is 7.11 Å². The van der Waals surface area contributed by atoms with Crippen molar-refractivity contribution in [2.24, 2.45) is 0 Å². The Morgan fingerprint density at radius 1 is 1.05 bits per heavy atom. The highest BCUT2D eigenvalue weighted by molar-refractivity contribution is 5.94. The second kappa shape index (κ2) is 5.00. The molecule has 1 aromatic heterocycles. The molecule has 3 heteroatoms. The van der Waals surface area contributed by atoms with Crippen LogP contribution in [0.3, 0.4) is 0 Å². The van der Waals surface area contributed by atoms with Gasteiger partial charge in [-0.2, -0.15) is 0 Å². The zero-order chi connectivity index (χ0) is 14.1. The van der Waals surface area contributed by atoms with Crippen molar-refractivity contribution >= 4 is 21.8 Å². The highest BCUT2D eigenvalue weighted by Gasteiger charge is 2.10. The molecule has 0 aliphatic rings. The predicted octanol–water partition coefficient (Wildman–Crippen LogP) is 3.57. The molecule has 3 aromatic rings. The Hall–Kier alpha value is -2.29. The molecule has 0 aliphatic heterocycles. The molecule has 3 rings (SSSR count). The first kappa shape index (κ1) is 12.7. The van der Waals surface area contributed by atoms with Gasteiger partial charge in [0.2, 0.25) is 0 Å². The van der Waals surface area contributed by atoms with E-state index in [2.05, 4.69) is 11.5 Å². The quantitative estimate of drug-likeness (QED) is 0.679. The third-order valence-electron chi connectivity index (χ3n) is 3.63. The van der Waals surface area contributed by atoms with Gasteiger partial charge in [-0.3, -0.25) is 4.79 Å². The number of hydrogen-bond donors (Lipinski definition) is 0. The number of fused-ring (bicyclic) bond motifs is 2. The summed E-state index contributed by atoms with van der Waals surface area (Å²) in [6.45, 7) is 3.02. The van der Waals surface area contributed by atoms with E-state index < -0.39 is 0 Å². The molecule has 0 amide bonds. The van der Waals surface area contributed by atoms with Crippen LogP contribution >= 0.6 is 0 Å². The van der Waals surface area contributed by atoms with Crippen LogP contribution in [0.2, 0.25) is 0 Å². The van der Waals surface area contributed by atoms with Crippen LogP contribution < -0.4 is 10.2 Å². The number of aryl methyl sites for hydroxylation is 1. The van der Waals surface area contributed by atoms with Gasteiger partial charge in [0.25, 0.3) is 0 Å². The molecule has 0 fully saturated rings. The highest BCUT2D eigenvalue weighted by atomic mass is 16.5. The van der Waals surface area contributed by atoms with Crippen LogP contribution in [0.4, 0.5) is 0 Å². The van der Waals surface area contributed by atoms with Crippen molar-refractivity contribution in [3.05, 3.63) is 52.7 Å². The van der Waals surface area contributed by atoms with Gasteiger partial charge in [-0.15, -0.1) is 0 Å². The molecule has 1 heterocycles. The molecule has 0 N–H and O–H groups in total. The number of pyridine rings is 1. The lowest BCUT2D eigenvalue weighted by Crippen LogP contribution is -2.11. The second-order valence-corrected chi connectivity index (χ2v) is 4.88. The first-order valence-corrected chi connectivity index (χ1v) is 6.85. The maximum atomic E-state index is 12.6. The number of hydrogen-bond acceptors (Lipinski definition) is 2. The summed E-state index contributed by atoms with van der Waals surface area (Å²) >= 11 is 0. The van der Waals surface area contributed by atoms with Crippen LogP contribution in [0.25, 0.3) is 21.8 Å². The first-order valence-electron chi connectivity index (χ1n) is 6.85. The van der Waals surface area contributed by atoms with Gasteiger partial charge < -0.3 is 9.30 Å². The molecule has 20 heavy (non-hydrogen) atoms. The minimum atomic E-state index is 0.0885. The van der Waals surface area contributed by atoms with Gasteiger partial charge in [0.1, 0.15) is 5.75 Å². The lowest BCUT2D eigenvalue weighted by atomic mass is 10.1. The number of nitrogens with zero attached hydrogens (tertiary/aromatic N) is 1. The average Bonchev–Trinajstić information content (AvgIpc) is 2.51. The number of para-hydroxylation sites is 1. The van der Waals surface area contributed by atoms with Gasteiger partial charge >= 0.3 is 0 Å². The summed E-state index contributed by atoms with van der Waals surface area (Å²) in [4.78, 5) is 12.6. The summed E-state index contributed by atoms with van der Waals surface area (Å²) in [6, 6.07) is 13.4. The van der Waals surface area contributed by atoms with Crippen molar-refractivity contribution in [1.82, 2.24) is 4.57 Å². The number of aromatic nitrogens is 1. The van der Waals surface area contributed by atoms with Crippen LogP contribution in [0.15, 0.2) is 47.3 Å². The maximum absolute atomic E-state index is 12.6. The molecule has 2 aromatic carbocycles. The maximum Gasteiger partial charge on any atom is 0.197 e. The van der Waals surface area contributed by atoms with E-state index in [1.807, 2.05) is 42.5 Å². The van der Waals surface area contributed by atoms with Crippen molar-refractivity contribution in [2.45, 2.75) is 19.9 Å². The van der Waals surface area contributed by atoms with Gasteiger partial charge in [-0.05, 0) is 30.7 Å². The van der Waals surface area contributed by atoms with E-state index in [0.717, 1.165) is 40.5 Å². The van der Waals surface area contributed by atoms with E-state index >= 15 is 0 Å². The lowest BCUT2D eigenvalue weighted by Gasteiger charge is -2.15. The Balaban J connectivity index is 2.52. The Kier molecular flexibility index (Phi) is 3.18. The molecular formula is C17H17NO2. The largest absolute Gasteiger partial charge is 0.497 e. The minimum Gasteiger partial charge on any atom is -0.497 e. The fraction of sp³-hybridized carbons (Fsp3) is 0.235. The molecular weight excluding hydrogens is 250 g/mol. The summed E-state index contributed by atoms with van der Waals surface area (Å²) in [5.41, 5.74) is 2.01. The Morgan fingerprint density at radius 3 is 2.55 bits per heavy atom. The van der Waals surface area contributed by atoms with Crippen LogP contribution in [0.5, 0.6) is 5.75 Å². The van der Waals surface area contributed by atoms with E-state index in [9.17, 15) is 4.79 Å². The molecule has 0 aliphatic carbocycles. The second-order valence-electron chi connectivity index (χ2n) is 4.88. The zero-order valence-corrected chi connectivity index (χ0v) is 11.7. The summed E-state index contributed by atoms with van der Waals surface area (Å²) in [5, 5.41) is 1.52. The minimum absolute atomic E-state index is 0.0885. The number of benzene rings is 2. The normalized spacial score (nSPS) is 11.1. The smallest absolute Gasteiger partial charge is 0.197 e. The molecule has 0 saturated heterocycles. The summed E-state index contributed by atoms with van der Waals surface area (Å²) in [5.74, 6) is 0.775. The van der Waals surface area contributed by atoms with Crippen LogP contribution in [-0.2, 0) is 6.54 Å². The summed E-state index contributed by atoms with van der Waals surface area (Å²) in [6.07, 6.45) is 1.01. The molecule has 0 bridgehead atoms. The van der Waals surface area contributed by atoms with Gasteiger partial charge in [0.15, 0.2) is 5.43 Å². The van der Waals surface area contributed by atoms with Crippen molar-refractivity contribution in [1.29, 1.82) is 0 Å². The van der Waals surface area contributed by atoms with E-state index in [1.165, 1.54) is 0 Å². The average molecular weight is 267 g/mol. The van der Waals surface area contributed by atoms with E-state index in [1.54, 1.807) is 7.11 Å². The SMILES string of the molecule is CCCn1c2ccccc2c(=O)c2ccc(OC)cc21. The van der Waals surface area contributed by atoms with Crippen LogP contribution in [0.1, 0.15) is 13.3 Å². The van der Waals surface area contributed by atoms with Crippen LogP contribution in [-0.4, -0.2) is 11.7 Å². The summed E-state index contributed by atoms with van der Waals surface area (Å²) in [7, 11) is 1.64. The Morgan fingerprint density at radius 2 is 1.80 bits per heavy atom. The third-order valence-corrected chi connectivity index (χ3v) is 3.63.